The van der Waals surface area contributed by atoms with E-state index in [0.29, 0.717) is 45.3 Å². The summed E-state index contributed by atoms with van der Waals surface area (Å²) in [4.78, 5) is 59.4. The third kappa shape index (κ3) is 12.1. The van der Waals surface area contributed by atoms with Gasteiger partial charge in [-0.05, 0) is 75.4 Å². The zero-order valence-corrected chi connectivity index (χ0v) is 38.5. The molecule has 20 heteroatoms. The van der Waals surface area contributed by atoms with E-state index >= 15 is 0 Å². The molecule has 356 valence electrons. The maximum Gasteiger partial charge on any atom is 0.481 e. The molecular formula is C43H67NO17P2. The van der Waals surface area contributed by atoms with Gasteiger partial charge in [0.05, 0.1) is 64.6 Å². The summed E-state index contributed by atoms with van der Waals surface area (Å²) in [6, 6.07) is 0. The molecular weight excluding hydrogens is 864 g/mol. The van der Waals surface area contributed by atoms with Gasteiger partial charge in [-0.25, -0.2) is 9.13 Å². The number of carbonyl (C=O) groups is 3. The summed E-state index contributed by atoms with van der Waals surface area (Å²) >= 11 is 0. The molecule has 1 saturated heterocycles. The number of phosphoric acid groups is 2. The fraction of sp³-hybridized carbons (Fsp3) is 0.791. The second-order valence-corrected chi connectivity index (χ2v) is 20.8. The third-order valence-corrected chi connectivity index (χ3v) is 16.3. The van der Waals surface area contributed by atoms with E-state index in [4.69, 9.17) is 37.5 Å². The molecule has 1 heterocycles. The van der Waals surface area contributed by atoms with Crippen molar-refractivity contribution in [2.24, 2.45) is 28.6 Å². The number of fused-ring (bicyclic) bond motifs is 7. The number of rotatable bonds is 24. The van der Waals surface area contributed by atoms with Crippen LogP contribution in [-0.4, -0.2) is 129 Å². The first-order valence-electron chi connectivity index (χ1n) is 22.5. The number of amides is 1. The number of hydrogen-bond acceptors (Lipinski definition) is 15. The lowest BCUT2D eigenvalue weighted by Gasteiger charge is -2.59. The number of allylic oxidation sites excluding steroid dienone is 5. The Balaban J connectivity index is 0.885. The minimum absolute atomic E-state index is 0.00234. The van der Waals surface area contributed by atoms with Crippen molar-refractivity contribution in [2.75, 3.05) is 66.0 Å². The topological polar surface area (TPSA) is 241 Å². The zero-order chi connectivity index (χ0) is 45.3. The number of ketones is 2. The van der Waals surface area contributed by atoms with Crippen LogP contribution in [0, 0.1) is 28.6 Å². The molecule has 18 nitrogen and oxygen atoms in total. The van der Waals surface area contributed by atoms with Crippen molar-refractivity contribution >= 4 is 33.1 Å². The Kier molecular flexibility index (Phi) is 17.8. The van der Waals surface area contributed by atoms with Crippen molar-refractivity contribution in [3.05, 3.63) is 36.0 Å². The van der Waals surface area contributed by atoms with Crippen molar-refractivity contribution in [1.29, 1.82) is 0 Å². The van der Waals surface area contributed by atoms with Gasteiger partial charge in [0.25, 0.3) is 0 Å². The van der Waals surface area contributed by atoms with E-state index in [1.807, 2.05) is 32.9 Å². The van der Waals surface area contributed by atoms with Crippen LogP contribution in [0.15, 0.2) is 36.0 Å². The smallest absolute Gasteiger partial charge is 0.393 e. The minimum atomic E-state index is -5.35. The van der Waals surface area contributed by atoms with Crippen molar-refractivity contribution in [2.45, 2.75) is 122 Å². The predicted molar refractivity (Wildman–Crippen MR) is 226 cm³/mol. The van der Waals surface area contributed by atoms with Gasteiger partial charge in [-0.2, -0.15) is 4.31 Å². The summed E-state index contributed by atoms with van der Waals surface area (Å²) in [6.45, 7) is 5.71. The number of phosphoric ester groups is 2. The molecule has 1 aliphatic heterocycles. The number of nitrogens with one attached hydrogen (secondary N) is 1. The molecule has 3 saturated carbocycles. The van der Waals surface area contributed by atoms with Gasteiger partial charge < -0.3 is 48.6 Å². The van der Waals surface area contributed by atoms with Crippen LogP contribution in [0.1, 0.15) is 91.4 Å². The van der Waals surface area contributed by atoms with Crippen molar-refractivity contribution < 1.29 is 80.2 Å². The Morgan fingerprint density at radius 1 is 0.937 bits per heavy atom. The summed E-state index contributed by atoms with van der Waals surface area (Å²) in [6.07, 6.45) is 15.5. The first kappa shape index (κ1) is 50.4. The molecule has 0 aromatic carbocycles. The Morgan fingerprint density at radius 2 is 1.65 bits per heavy atom. The second-order valence-electron chi connectivity index (χ2n) is 17.8. The molecule has 0 spiro atoms. The van der Waals surface area contributed by atoms with Gasteiger partial charge in [-0.1, -0.05) is 63.8 Å². The van der Waals surface area contributed by atoms with E-state index in [1.54, 1.807) is 12.2 Å². The van der Waals surface area contributed by atoms with Gasteiger partial charge in [-0.3, -0.25) is 23.4 Å². The summed E-state index contributed by atoms with van der Waals surface area (Å²) in [5.41, 5.74) is -2.16. The fourth-order valence-corrected chi connectivity index (χ4v) is 13.0. The molecule has 1 amide bonds. The third-order valence-electron chi connectivity index (χ3n) is 13.7. The van der Waals surface area contributed by atoms with Crippen molar-refractivity contribution in [3.63, 3.8) is 0 Å². The molecule has 0 aromatic rings. The van der Waals surface area contributed by atoms with Crippen LogP contribution in [-0.2, 0) is 65.3 Å². The largest absolute Gasteiger partial charge is 0.481 e. The molecule has 6 rings (SSSR count). The number of carbonyl (C=O) groups excluding carboxylic acids is 3. The van der Waals surface area contributed by atoms with Crippen LogP contribution in [0.2, 0.25) is 0 Å². The van der Waals surface area contributed by atoms with Gasteiger partial charge in [0, 0.05) is 23.3 Å². The Hall–Kier alpha value is -1.99. The number of ether oxygens (including phenoxy) is 6. The Labute approximate surface area is 370 Å². The van der Waals surface area contributed by atoms with Crippen LogP contribution < -0.4 is 5.32 Å². The van der Waals surface area contributed by atoms with Gasteiger partial charge in [0.1, 0.15) is 13.2 Å². The van der Waals surface area contributed by atoms with Crippen LogP contribution in [0.5, 0.6) is 0 Å². The van der Waals surface area contributed by atoms with Crippen LogP contribution in [0.4, 0.5) is 0 Å². The van der Waals surface area contributed by atoms with Crippen LogP contribution in [0.25, 0.3) is 0 Å². The monoisotopic (exact) mass is 931 g/mol. The second kappa shape index (κ2) is 22.2. The number of aliphatic hydroxyl groups excluding tert-OH is 1. The summed E-state index contributed by atoms with van der Waals surface area (Å²) in [7, 11) is -10.5. The van der Waals surface area contributed by atoms with Crippen LogP contribution >= 0.6 is 15.6 Å². The minimum Gasteiger partial charge on any atom is -0.393 e. The van der Waals surface area contributed by atoms with E-state index in [-0.39, 0.29) is 81.6 Å². The number of Topliss-reactive ketones (excluding diaryl/α,β-unsaturated/α-hetero) is 1. The first-order valence-corrected chi connectivity index (χ1v) is 25.5. The Morgan fingerprint density at radius 3 is 2.40 bits per heavy atom. The molecule has 0 radical (unpaired) electrons. The number of hydrogen-bond donors (Lipinski definition) is 4. The van der Waals surface area contributed by atoms with Gasteiger partial charge in [-0.15, -0.1) is 0 Å². The highest BCUT2D eigenvalue weighted by Gasteiger charge is 2.76. The van der Waals surface area contributed by atoms with Gasteiger partial charge in [0.2, 0.25) is 5.91 Å². The maximum atomic E-state index is 14.4. The van der Waals surface area contributed by atoms with E-state index in [9.17, 15) is 38.4 Å². The normalized spacial score (nSPS) is 36.1. The highest BCUT2D eigenvalue weighted by molar-refractivity contribution is 7.61. The molecule has 63 heavy (non-hydrogen) atoms. The quantitative estimate of drug-likeness (QED) is 0.0563. The van der Waals surface area contributed by atoms with Crippen molar-refractivity contribution in [1.82, 2.24) is 5.32 Å². The maximum absolute atomic E-state index is 14.4. The molecule has 5 aliphatic carbocycles. The molecule has 4 fully saturated rings. The lowest BCUT2D eigenvalue weighted by atomic mass is 9.46. The molecule has 0 bridgehead atoms. The molecule has 12 atom stereocenters. The molecule has 0 aromatic heterocycles. The van der Waals surface area contributed by atoms with E-state index in [0.717, 1.165) is 24.8 Å². The predicted octanol–water partition coefficient (Wildman–Crippen LogP) is 5.05. The summed E-state index contributed by atoms with van der Waals surface area (Å²) in [5, 5.41) is 14.7. The molecule has 6 aliphatic rings. The van der Waals surface area contributed by atoms with E-state index < -0.39 is 69.6 Å². The first-order chi connectivity index (χ1) is 30.0. The van der Waals surface area contributed by atoms with Crippen LogP contribution in [0.3, 0.4) is 0 Å². The Bertz CT molecular complexity index is 1790. The van der Waals surface area contributed by atoms with E-state index in [2.05, 4.69) is 15.7 Å². The molecule has 4 N–H and O–H groups in total. The standard InChI is InChI=1S/C43H67NO17P2/c1-4-10-39-59-37-26-34-33-14-13-30-25-31(45)15-16-41(30,2)40(33)35(46)27-42(34,3)43(37,60-39)36(47)28-58-63(51,52)61-62(49,50)57-24-23-55-22-21-54-20-19-53-18-17-44-38(48)29-56-32-11-8-6-5-7-9-12-32/h8,11,15-16,25,32-35,37,39-40,46H,4-7,9-10,12-14,17-24,26-29H2,1-3H3,(H,44,48)(H,49,50)(H,51,52)/b11-8-/t32?,33-,34-,35-,37+,39?,40+,41-,42-,43+/m0/s1. The highest BCUT2D eigenvalue weighted by atomic mass is 31.3. The molecule has 4 unspecified atom stereocenters. The average Bonchev–Trinajstić information content (AvgIpc) is 3.69. The lowest BCUT2D eigenvalue weighted by Crippen LogP contribution is -2.63. The number of aliphatic hydroxyl groups is 1. The van der Waals surface area contributed by atoms with Gasteiger partial charge in [0.15, 0.2) is 23.5 Å². The highest BCUT2D eigenvalue weighted by Crippen LogP contribution is 2.70. The zero-order valence-electron chi connectivity index (χ0n) is 36.7. The van der Waals surface area contributed by atoms with Gasteiger partial charge >= 0.3 is 15.6 Å². The summed E-state index contributed by atoms with van der Waals surface area (Å²) < 4.78 is 74.7. The lowest BCUT2D eigenvalue weighted by molar-refractivity contribution is -0.200. The average molecular weight is 932 g/mol. The van der Waals surface area contributed by atoms with Crippen molar-refractivity contribution in [3.8, 4) is 0 Å². The summed E-state index contributed by atoms with van der Waals surface area (Å²) in [5.74, 6) is -1.38. The fourth-order valence-electron chi connectivity index (χ4n) is 10.9. The van der Waals surface area contributed by atoms with E-state index in [1.165, 1.54) is 12.8 Å². The SMILES string of the molecule is CCCC1O[C@@H]2C[C@H]3[C@@H]4CCC5=CC(=O)C=C[C@]5(C)[C@H]4[C@@H](O)C[C@]3(C)[C@]2(C(=O)COP(=O)(O)OP(=O)(O)OCCOCCOCCOCCNC(=O)COC2/C=C\CCCCC2)O1.